The molecule has 21 heavy (non-hydrogen) atoms. The molecule has 6 nitrogen and oxygen atoms in total. The van der Waals surface area contributed by atoms with Crippen LogP contribution in [0.1, 0.15) is 31.2 Å². The van der Waals surface area contributed by atoms with Gasteiger partial charge in [-0.2, -0.15) is 4.31 Å². The molecule has 1 saturated heterocycles. The summed E-state index contributed by atoms with van der Waals surface area (Å²) in [4.78, 5) is 11.4. The van der Waals surface area contributed by atoms with Crippen molar-refractivity contribution in [3.05, 3.63) is 29.8 Å². The number of nitrogens with zero attached hydrogens (tertiary/aromatic N) is 1. The average molecular weight is 311 g/mol. The van der Waals surface area contributed by atoms with Crippen LogP contribution < -0.4 is 11.3 Å². The predicted octanol–water partition coefficient (Wildman–Crippen LogP) is 0.784. The molecule has 0 radical (unpaired) electrons. The highest BCUT2D eigenvalue weighted by Gasteiger charge is 2.25. The third-order valence-electron chi connectivity index (χ3n) is 3.68. The minimum atomic E-state index is -3.38. The van der Waals surface area contributed by atoms with E-state index >= 15 is 0 Å². The van der Waals surface area contributed by atoms with E-state index < -0.39 is 10.0 Å². The molecule has 0 bridgehead atoms. The Labute approximate surface area is 125 Å². The van der Waals surface area contributed by atoms with Crippen LogP contribution in [0.5, 0.6) is 0 Å². The van der Waals surface area contributed by atoms with Crippen LogP contribution in [0.4, 0.5) is 0 Å². The van der Waals surface area contributed by atoms with Gasteiger partial charge >= 0.3 is 0 Å². The standard InChI is InChI=1S/C14H21N3O3S/c15-16-14(18)9-6-12-4-7-13(8-5-12)21(19,20)17-10-2-1-3-11-17/h4-5,7-8H,1-3,6,9-11,15H2,(H,16,18). The molecule has 1 aromatic carbocycles. The van der Waals surface area contributed by atoms with E-state index in [1.807, 2.05) is 0 Å². The number of nitrogens with one attached hydrogen (secondary N) is 1. The molecule has 1 aliphatic rings. The van der Waals surface area contributed by atoms with E-state index in [0.29, 0.717) is 24.4 Å². The van der Waals surface area contributed by atoms with E-state index in [0.717, 1.165) is 24.8 Å². The largest absolute Gasteiger partial charge is 0.294 e. The fraction of sp³-hybridized carbons (Fsp3) is 0.500. The zero-order chi connectivity index (χ0) is 15.3. The van der Waals surface area contributed by atoms with Gasteiger partial charge in [0.05, 0.1) is 4.90 Å². The summed E-state index contributed by atoms with van der Waals surface area (Å²) in [6.07, 6.45) is 3.76. The molecule has 0 unspecified atom stereocenters. The maximum atomic E-state index is 12.5. The normalized spacial score (nSPS) is 16.6. The molecular weight excluding hydrogens is 290 g/mol. The molecule has 0 aliphatic carbocycles. The molecule has 3 N–H and O–H groups in total. The Bertz CT molecular complexity index is 578. The quantitative estimate of drug-likeness (QED) is 0.477. The van der Waals surface area contributed by atoms with E-state index in [2.05, 4.69) is 5.43 Å². The van der Waals surface area contributed by atoms with Gasteiger partial charge in [-0.1, -0.05) is 18.6 Å². The highest BCUT2D eigenvalue weighted by molar-refractivity contribution is 7.89. The number of amides is 1. The van der Waals surface area contributed by atoms with Crippen molar-refractivity contribution in [2.45, 2.75) is 37.0 Å². The first-order chi connectivity index (χ1) is 10.0. The van der Waals surface area contributed by atoms with Gasteiger partial charge in [0.1, 0.15) is 0 Å². The summed E-state index contributed by atoms with van der Waals surface area (Å²) in [6, 6.07) is 6.72. The van der Waals surface area contributed by atoms with E-state index in [4.69, 9.17) is 5.84 Å². The molecule has 0 saturated carbocycles. The van der Waals surface area contributed by atoms with Crippen molar-refractivity contribution in [3.8, 4) is 0 Å². The highest BCUT2D eigenvalue weighted by Crippen LogP contribution is 2.21. The molecule has 0 atom stereocenters. The molecule has 1 heterocycles. The van der Waals surface area contributed by atoms with Crippen LogP contribution in [-0.4, -0.2) is 31.7 Å². The molecule has 2 rings (SSSR count). The maximum absolute atomic E-state index is 12.5. The third-order valence-corrected chi connectivity index (χ3v) is 5.59. The molecule has 7 heteroatoms. The lowest BCUT2D eigenvalue weighted by atomic mass is 10.1. The Morgan fingerprint density at radius 3 is 2.33 bits per heavy atom. The number of aryl methyl sites for hydroxylation is 1. The highest BCUT2D eigenvalue weighted by atomic mass is 32.2. The summed E-state index contributed by atoms with van der Waals surface area (Å²) in [5.41, 5.74) is 2.99. The molecule has 116 valence electrons. The molecular formula is C14H21N3O3S. The van der Waals surface area contributed by atoms with Gasteiger partial charge in [0.2, 0.25) is 15.9 Å². The number of hydrogen-bond acceptors (Lipinski definition) is 4. The second-order valence-electron chi connectivity index (χ2n) is 5.18. The van der Waals surface area contributed by atoms with Gasteiger partial charge in [0.15, 0.2) is 0 Å². The number of sulfonamides is 1. The number of carbonyl (C=O) groups excluding carboxylic acids is 1. The van der Waals surface area contributed by atoms with Gasteiger partial charge in [-0.15, -0.1) is 0 Å². The Balaban J connectivity index is 2.05. The summed E-state index contributed by atoms with van der Waals surface area (Å²) in [5.74, 6) is 4.78. The van der Waals surface area contributed by atoms with Gasteiger partial charge < -0.3 is 0 Å². The van der Waals surface area contributed by atoms with E-state index in [-0.39, 0.29) is 12.3 Å². The van der Waals surface area contributed by atoms with Crippen LogP contribution >= 0.6 is 0 Å². The van der Waals surface area contributed by atoms with Crippen molar-refractivity contribution >= 4 is 15.9 Å². The van der Waals surface area contributed by atoms with Crippen LogP contribution in [0.2, 0.25) is 0 Å². The van der Waals surface area contributed by atoms with Crippen molar-refractivity contribution < 1.29 is 13.2 Å². The first kappa shape index (κ1) is 15.9. The van der Waals surface area contributed by atoms with Gasteiger partial charge in [0, 0.05) is 19.5 Å². The van der Waals surface area contributed by atoms with Crippen molar-refractivity contribution in [2.24, 2.45) is 5.84 Å². The third kappa shape index (κ3) is 4.03. The first-order valence-corrected chi connectivity index (χ1v) is 8.56. The SMILES string of the molecule is NNC(=O)CCc1ccc(S(=O)(=O)N2CCCCC2)cc1. The molecule has 0 aromatic heterocycles. The Kier molecular flexibility index (Phi) is 5.33. The van der Waals surface area contributed by atoms with Crippen molar-refractivity contribution in [2.75, 3.05) is 13.1 Å². The predicted molar refractivity (Wildman–Crippen MR) is 79.7 cm³/mol. The summed E-state index contributed by atoms with van der Waals surface area (Å²) in [5, 5.41) is 0. The number of nitrogens with two attached hydrogens (primary N) is 1. The maximum Gasteiger partial charge on any atom is 0.243 e. The van der Waals surface area contributed by atoms with E-state index in [9.17, 15) is 13.2 Å². The summed E-state index contributed by atoms with van der Waals surface area (Å²) in [7, 11) is -3.38. The monoisotopic (exact) mass is 311 g/mol. The Morgan fingerprint density at radius 1 is 1.14 bits per heavy atom. The second-order valence-corrected chi connectivity index (χ2v) is 7.11. The number of carbonyl (C=O) groups is 1. The van der Waals surface area contributed by atoms with Crippen molar-refractivity contribution in [1.82, 2.24) is 9.73 Å². The van der Waals surface area contributed by atoms with Crippen molar-refractivity contribution in [3.63, 3.8) is 0 Å². The average Bonchev–Trinajstić information content (AvgIpc) is 2.53. The van der Waals surface area contributed by atoms with Crippen LogP contribution in [0, 0.1) is 0 Å². The second kappa shape index (κ2) is 7.02. The van der Waals surface area contributed by atoms with Crippen molar-refractivity contribution in [1.29, 1.82) is 0 Å². The van der Waals surface area contributed by atoms with Gasteiger partial charge in [-0.3, -0.25) is 10.2 Å². The number of rotatable bonds is 5. The zero-order valence-electron chi connectivity index (χ0n) is 11.9. The minimum Gasteiger partial charge on any atom is -0.294 e. The van der Waals surface area contributed by atoms with Crippen LogP contribution in [0.25, 0.3) is 0 Å². The lowest BCUT2D eigenvalue weighted by molar-refractivity contribution is -0.121. The van der Waals surface area contributed by atoms with Crippen LogP contribution in [0.15, 0.2) is 29.2 Å². The smallest absolute Gasteiger partial charge is 0.243 e. The van der Waals surface area contributed by atoms with Gasteiger partial charge in [0.25, 0.3) is 0 Å². The van der Waals surface area contributed by atoms with E-state index in [1.54, 1.807) is 28.6 Å². The fourth-order valence-corrected chi connectivity index (χ4v) is 3.93. The number of hydrogen-bond donors (Lipinski definition) is 2. The summed E-state index contributed by atoms with van der Waals surface area (Å²) >= 11 is 0. The molecule has 1 amide bonds. The lowest BCUT2D eigenvalue weighted by Crippen LogP contribution is -2.35. The Morgan fingerprint density at radius 2 is 1.76 bits per heavy atom. The summed E-state index contributed by atoms with van der Waals surface area (Å²) in [6.45, 7) is 1.20. The Hall–Kier alpha value is -1.44. The van der Waals surface area contributed by atoms with Gasteiger partial charge in [-0.05, 0) is 37.0 Å². The van der Waals surface area contributed by atoms with Gasteiger partial charge in [-0.25, -0.2) is 14.3 Å². The van der Waals surface area contributed by atoms with Crippen LogP contribution in [-0.2, 0) is 21.2 Å². The molecule has 0 spiro atoms. The lowest BCUT2D eigenvalue weighted by Gasteiger charge is -2.25. The van der Waals surface area contributed by atoms with E-state index in [1.165, 1.54) is 0 Å². The molecule has 1 fully saturated rings. The molecule has 1 aromatic rings. The molecule has 1 aliphatic heterocycles. The zero-order valence-corrected chi connectivity index (χ0v) is 12.7. The number of piperidine rings is 1. The first-order valence-electron chi connectivity index (χ1n) is 7.12. The minimum absolute atomic E-state index is 0.236. The topological polar surface area (TPSA) is 92.5 Å². The number of hydrazine groups is 1. The number of benzene rings is 1. The fourth-order valence-electron chi connectivity index (χ4n) is 2.41. The van der Waals surface area contributed by atoms with Crippen LogP contribution in [0.3, 0.4) is 0 Å². The summed E-state index contributed by atoms with van der Waals surface area (Å²) < 4.78 is 26.5.